The Kier molecular flexibility index (Phi) is 4.10. The van der Waals surface area contributed by atoms with Crippen molar-refractivity contribution in [2.75, 3.05) is 16.4 Å². The number of fused-ring (bicyclic) bond motifs is 1. The number of thioether (sulfide) groups is 1. The largest absolute Gasteiger partial charge is 0.315 e. The predicted molar refractivity (Wildman–Crippen MR) is 100 cm³/mol. The van der Waals surface area contributed by atoms with E-state index in [1.807, 2.05) is 48.5 Å². The quantitative estimate of drug-likeness (QED) is 0.846. The van der Waals surface area contributed by atoms with E-state index in [1.165, 1.54) is 5.56 Å². The van der Waals surface area contributed by atoms with E-state index in [-0.39, 0.29) is 23.6 Å². The maximum absolute atomic E-state index is 12.0. The molecule has 0 spiro atoms. The van der Waals surface area contributed by atoms with Crippen LogP contribution in [0.15, 0.2) is 65.7 Å². The van der Waals surface area contributed by atoms with Crippen LogP contribution in [0.25, 0.3) is 0 Å². The van der Waals surface area contributed by atoms with Crippen molar-refractivity contribution in [3.63, 3.8) is 0 Å². The van der Waals surface area contributed by atoms with Crippen LogP contribution in [0.3, 0.4) is 0 Å². The Bertz CT molecular complexity index is 851. The summed E-state index contributed by atoms with van der Waals surface area (Å²) in [7, 11) is -2.99. The van der Waals surface area contributed by atoms with Crippen LogP contribution < -0.4 is 4.90 Å². The van der Waals surface area contributed by atoms with E-state index < -0.39 is 9.84 Å². The molecular formula is C18H18N2O2S2. The lowest BCUT2D eigenvalue weighted by atomic mass is 10.1. The molecule has 0 N–H and O–H groups in total. The van der Waals surface area contributed by atoms with Gasteiger partial charge in [0.1, 0.15) is 0 Å². The summed E-state index contributed by atoms with van der Waals surface area (Å²) in [4.78, 5) is 6.86. The van der Waals surface area contributed by atoms with E-state index in [2.05, 4.69) is 17.0 Å². The molecule has 1 saturated heterocycles. The molecule has 2 atom stereocenters. The van der Waals surface area contributed by atoms with Crippen LogP contribution in [-0.2, 0) is 15.6 Å². The number of hydrogen-bond donors (Lipinski definition) is 0. The molecule has 0 saturated carbocycles. The number of rotatable bonds is 3. The Hall–Kier alpha value is -1.79. The van der Waals surface area contributed by atoms with Gasteiger partial charge in [-0.15, -0.1) is 0 Å². The van der Waals surface area contributed by atoms with Gasteiger partial charge >= 0.3 is 0 Å². The normalized spacial score (nSPS) is 24.7. The number of anilines is 1. The van der Waals surface area contributed by atoms with E-state index >= 15 is 0 Å². The smallest absolute Gasteiger partial charge is 0.164 e. The van der Waals surface area contributed by atoms with Crippen LogP contribution in [-0.4, -0.2) is 37.2 Å². The van der Waals surface area contributed by atoms with Crippen molar-refractivity contribution >= 4 is 32.5 Å². The molecule has 0 radical (unpaired) electrons. The van der Waals surface area contributed by atoms with Gasteiger partial charge in [0.15, 0.2) is 15.0 Å². The third-order valence-corrected chi connectivity index (χ3v) is 7.09. The third kappa shape index (κ3) is 3.08. The van der Waals surface area contributed by atoms with E-state index in [1.54, 1.807) is 11.8 Å². The highest BCUT2D eigenvalue weighted by atomic mass is 32.2. The second kappa shape index (κ2) is 6.26. The predicted octanol–water partition coefficient (Wildman–Crippen LogP) is 2.96. The fraction of sp³-hybridized carbons (Fsp3) is 0.278. The lowest BCUT2D eigenvalue weighted by Crippen LogP contribution is -2.39. The number of para-hydroxylation sites is 1. The highest BCUT2D eigenvalue weighted by molar-refractivity contribution is 8.13. The molecular weight excluding hydrogens is 340 g/mol. The monoisotopic (exact) mass is 358 g/mol. The highest BCUT2D eigenvalue weighted by Gasteiger charge is 2.47. The lowest BCUT2D eigenvalue weighted by molar-refractivity contribution is 0.601. The molecule has 0 amide bonds. The lowest BCUT2D eigenvalue weighted by Gasteiger charge is -2.26. The highest BCUT2D eigenvalue weighted by Crippen LogP contribution is 2.35. The molecule has 0 aromatic heterocycles. The second-order valence-corrected chi connectivity index (χ2v) is 9.20. The molecule has 0 aliphatic carbocycles. The number of amidine groups is 1. The molecule has 2 unspecified atom stereocenters. The molecule has 0 bridgehead atoms. The van der Waals surface area contributed by atoms with Crippen molar-refractivity contribution in [3.05, 3.63) is 66.2 Å². The van der Waals surface area contributed by atoms with Gasteiger partial charge < -0.3 is 4.90 Å². The van der Waals surface area contributed by atoms with Gasteiger partial charge in [0.05, 0.1) is 23.6 Å². The number of hydrogen-bond acceptors (Lipinski definition) is 5. The average Bonchev–Trinajstić information content (AvgIpc) is 3.05. The molecule has 2 aromatic rings. The molecule has 2 aromatic carbocycles. The molecule has 4 nitrogen and oxygen atoms in total. The standard InChI is InChI=1S/C18H18N2O2S2/c21-24(22)12-16-17(13-24)20(15-9-5-2-6-10-15)18(19-16)23-11-14-7-3-1-4-8-14/h1-10,16-17H,11-13H2. The summed E-state index contributed by atoms with van der Waals surface area (Å²) in [5, 5.41) is 0.926. The van der Waals surface area contributed by atoms with Crippen LogP contribution >= 0.6 is 11.8 Å². The summed E-state index contributed by atoms with van der Waals surface area (Å²) in [6.45, 7) is 0. The van der Waals surface area contributed by atoms with Crippen molar-refractivity contribution in [1.29, 1.82) is 0 Å². The maximum atomic E-state index is 12.0. The van der Waals surface area contributed by atoms with Gasteiger partial charge in [0, 0.05) is 11.4 Å². The van der Waals surface area contributed by atoms with Crippen molar-refractivity contribution in [1.82, 2.24) is 0 Å². The molecule has 124 valence electrons. The maximum Gasteiger partial charge on any atom is 0.164 e. The summed E-state index contributed by atoms with van der Waals surface area (Å²) in [6.07, 6.45) is 0. The minimum atomic E-state index is -2.99. The number of nitrogens with zero attached hydrogens (tertiary/aromatic N) is 2. The first kappa shape index (κ1) is 15.7. The molecule has 2 aliphatic heterocycles. The third-order valence-electron chi connectivity index (χ3n) is 4.35. The van der Waals surface area contributed by atoms with Crippen LogP contribution in [0, 0.1) is 0 Å². The van der Waals surface area contributed by atoms with Crippen LogP contribution in [0.2, 0.25) is 0 Å². The van der Waals surface area contributed by atoms with E-state index in [4.69, 9.17) is 4.99 Å². The first-order valence-corrected chi connectivity index (χ1v) is 10.7. The first-order valence-electron chi connectivity index (χ1n) is 7.92. The first-order chi connectivity index (χ1) is 11.6. The second-order valence-electron chi connectivity index (χ2n) is 6.10. The van der Waals surface area contributed by atoms with Gasteiger partial charge in [-0.1, -0.05) is 60.3 Å². The SMILES string of the molecule is O=S1(=O)CC2N=C(SCc3ccccc3)N(c3ccccc3)C2C1. The summed E-state index contributed by atoms with van der Waals surface area (Å²) < 4.78 is 24.0. The van der Waals surface area contributed by atoms with Gasteiger partial charge in [-0.25, -0.2) is 8.42 Å². The Balaban J connectivity index is 1.61. The number of sulfone groups is 1. The van der Waals surface area contributed by atoms with Crippen molar-refractivity contribution in [2.45, 2.75) is 17.8 Å². The van der Waals surface area contributed by atoms with Crippen molar-refractivity contribution < 1.29 is 8.42 Å². The van der Waals surface area contributed by atoms with Crippen LogP contribution in [0.4, 0.5) is 5.69 Å². The van der Waals surface area contributed by atoms with Crippen molar-refractivity contribution in [3.8, 4) is 0 Å². The van der Waals surface area contributed by atoms with E-state index in [0.29, 0.717) is 0 Å². The van der Waals surface area contributed by atoms with E-state index in [9.17, 15) is 8.42 Å². The number of benzene rings is 2. The van der Waals surface area contributed by atoms with E-state index in [0.717, 1.165) is 16.6 Å². The number of aliphatic imine (C=N–C) groups is 1. The van der Waals surface area contributed by atoms with Gasteiger partial charge in [0.2, 0.25) is 0 Å². The molecule has 2 aliphatic rings. The van der Waals surface area contributed by atoms with Crippen LogP contribution in [0.5, 0.6) is 0 Å². The molecule has 4 rings (SSSR count). The molecule has 24 heavy (non-hydrogen) atoms. The molecule has 2 heterocycles. The topological polar surface area (TPSA) is 49.7 Å². The van der Waals surface area contributed by atoms with Gasteiger partial charge in [-0.2, -0.15) is 0 Å². The Morgan fingerprint density at radius 3 is 2.38 bits per heavy atom. The summed E-state index contributed by atoms with van der Waals surface area (Å²) in [5.74, 6) is 1.18. The molecule has 6 heteroatoms. The zero-order chi connectivity index (χ0) is 16.6. The minimum absolute atomic E-state index is 0.0735. The van der Waals surface area contributed by atoms with Crippen LogP contribution in [0.1, 0.15) is 5.56 Å². The van der Waals surface area contributed by atoms with Crippen molar-refractivity contribution in [2.24, 2.45) is 4.99 Å². The Morgan fingerprint density at radius 2 is 1.67 bits per heavy atom. The Labute approximate surface area is 146 Å². The zero-order valence-corrected chi connectivity index (χ0v) is 14.7. The minimum Gasteiger partial charge on any atom is -0.315 e. The van der Waals surface area contributed by atoms with Gasteiger partial charge in [-0.3, -0.25) is 4.99 Å². The zero-order valence-electron chi connectivity index (χ0n) is 13.1. The average molecular weight is 358 g/mol. The Morgan fingerprint density at radius 1 is 1.00 bits per heavy atom. The van der Waals surface area contributed by atoms with Gasteiger partial charge in [0.25, 0.3) is 0 Å². The fourth-order valence-corrected chi connectivity index (χ4v) is 6.17. The fourth-order valence-electron chi connectivity index (χ4n) is 3.25. The summed E-state index contributed by atoms with van der Waals surface area (Å²) >= 11 is 1.68. The summed E-state index contributed by atoms with van der Waals surface area (Å²) in [6, 6.07) is 20.0. The molecule has 1 fully saturated rings. The van der Waals surface area contributed by atoms with Gasteiger partial charge in [-0.05, 0) is 17.7 Å². The summed E-state index contributed by atoms with van der Waals surface area (Å²) in [5.41, 5.74) is 2.25.